The Morgan fingerprint density at radius 3 is 2.52 bits per heavy atom. The van der Waals surface area contributed by atoms with E-state index in [-0.39, 0.29) is 18.3 Å². The number of aryl methyl sites for hydroxylation is 2. The number of hydrogen-bond donors (Lipinski definition) is 1. The molecule has 0 fully saturated rings. The first-order valence-corrected chi connectivity index (χ1v) is 10.3. The number of carbonyl (C=O) groups excluding carboxylic acids is 1. The summed E-state index contributed by atoms with van der Waals surface area (Å²) in [7, 11) is 0. The van der Waals surface area contributed by atoms with E-state index in [1.807, 2.05) is 24.3 Å². The molecule has 0 aliphatic rings. The molecule has 158 valence electrons. The van der Waals surface area contributed by atoms with Crippen molar-refractivity contribution >= 4 is 11.6 Å². The topological polar surface area (TPSA) is 69.3 Å². The highest BCUT2D eigenvalue weighted by atomic mass is 16.5. The maximum Gasteiger partial charge on any atom is 0.291 e. The van der Waals surface area contributed by atoms with Crippen LogP contribution in [-0.4, -0.2) is 15.7 Å². The van der Waals surface area contributed by atoms with Crippen LogP contribution < -0.4 is 10.1 Å². The minimum atomic E-state index is -0.326. The van der Waals surface area contributed by atoms with E-state index in [9.17, 15) is 4.79 Å². The van der Waals surface area contributed by atoms with Gasteiger partial charge in [-0.3, -0.25) is 9.48 Å². The van der Waals surface area contributed by atoms with Gasteiger partial charge in [-0.15, -0.1) is 0 Å². The fraction of sp³-hybridized carbons (Fsp3) is 0.200. The molecule has 6 heteroatoms. The molecular formula is C25H25N3O3. The zero-order valence-electron chi connectivity index (χ0n) is 17.7. The van der Waals surface area contributed by atoms with Gasteiger partial charge < -0.3 is 14.5 Å². The highest BCUT2D eigenvalue weighted by Crippen LogP contribution is 2.17. The van der Waals surface area contributed by atoms with E-state index >= 15 is 0 Å². The summed E-state index contributed by atoms with van der Waals surface area (Å²) in [6.45, 7) is 5.06. The Labute approximate surface area is 181 Å². The number of rotatable bonds is 8. The average molecular weight is 415 g/mol. The van der Waals surface area contributed by atoms with Crippen molar-refractivity contribution < 1.29 is 13.9 Å². The molecule has 31 heavy (non-hydrogen) atoms. The predicted molar refractivity (Wildman–Crippen MR) is 119 cm³/mol. The highest BCUT2D eigenvalue weighted by molar-refractivity contribution is 6.02. The normalized spacial score (nSPS) is 10.8. The molecule has 0 saturated carbocycles. The number of aromatic nitrogens is 2. The van der Waals surface area contributed by atoms with Gasteiger partial charge in [-0.2, -0.15) is 5.10 Å². The molecule has 0 spiro atoms. The summed E-state index contributed by atoms with van der Waals surface area (Å²) in [6, 6.07) is 19.6. The Morgan fingerprint density at radius 1 is 1.03 bits per heavy atom. The maximum absolute atomic E-state index is 12.5. The van der Waals surface area contributed by atoms with Crippen LogP contribution in [0.15, 0.2) is 77.5 Å². The van der Waals surface area contributed by atoms with Crippen molar-refractivity contribution in [2.75, 3.05) is 5.32 Å². The van der Waals surface area contributed by atoms with Crippen molar-refractivity contribution in [2.45, 2.75) is 33.4 Å². The summed E-state index contributed by atoms with van der Waals surface area (Å²) in [5.74, 6) is 1.25. The van der Waals surface area contributed by atoms with Crippen LogP contribution in [0.2, 0.25) is 0 Å². The van der Waals surface area contributed by atoms with E-state index in [1.54, 1.807) is 29.2 Å². The molecule has 0 atom stereocenters. The molecule has 0 bridgehead atoms. The molecule has 2 heterocycles. The number of carbonyl (C=O) groups is 1. The Bertz CT molecular complexity index is 1140. The monoisotopic (exact) mass is 415 g/mol. The number of furan rings is 1. The summed E-state index contributed by atoms with van der Waals surface area (Å²) in [5.41, 5.74) is 4.23. The lowest BCUT2D eigenvalue weighted by Crippen LogP contribution is -2.10. The van der Waals surface area contributed by atoms with Gasteiger partial charge in [0.1, 0.15) is 18.1 Å². The number of nitrogens with zero attached hydrogens (tertiary/aromatic N) is 2. The Morgan fingerprint density at radius 2 is 1.77 bits per heavy atom. The molecule has 4 rings (SSSR count). The fourth-order valence-corrected chi connectivity index (χ4v) is 3.14. The number of ether oxygens (including phenoxy) is 1. The largest absolute Gasteiger partial charge is 0.486 e. The molecule has 1 N–H and O–H groups in total. The molecule has 0 aliphatic carbocycles. The van der Waals surface area contributed by atoms with Crippen molar-refractivity contribution in [1.29, 1.82) is 0 Å². The second-order valence-corrected chi connectivity index (χ2v) is 7.42. The predicted octanol–water partition coefficient (Wildman–Crippen LogP) is 5.23. The van der Waals surface area contributed by atoms with Gasteiger partial charge in [-0.25, -0.2) is 0 Å². The van der Waals surface area contributed by atoms with Gasteiger partial charge in [0, 0.05) is 6.20 Å². The van der Waals surface area contributed by atoms with E-state index in [0.29, 0.717) is 18.0 Å². The first-order chi connectivity index (χ1) is 15.1. The van der Waals surface area contributed by atoms with Crippen LogP contribution in [0.3, 0.4) is 0 Å². The first-order valence-electron chi connectivity index (χ1n) is 10.3. The summed E-state index contributed by atoms with van der Waals surface area (Å²) in [6.07, 6.45) is 4.41. The molecular weight excluding hydrogens is 390 g/mol. The summed E-state index contributed by atoms with van der Waals surface area (Å²) in [4.78, 5) is 12.5. The lowest BCUT2D eigenvalue weighted by atomic mass is 10.1. The number of amides is 1. The second-order valence-electron chi connectivity index (χ2n) is 7.42. The van der Waals surface area contributed by atoms with Crippen LogP contribution in [0.1, 0.15) is 39.9 Å². The average Bonchev–Trinajstić information content (AvgIpc) is 3.44. The molecule has 0 unspecified atom stereocenters. The van der Waals surface area contributed by atoms with Crippen molar-refractivity contribution in [3.63, 3.8) is 0 Å². The fourth-order valence-electron chi connectivity index (χ4n) is 3.14. The van der Waals surface area contributed by atoms with Gasteiger partial charge in [-0.05, 0) is 48.7 Å². The first kappa shape index (κ1) is 20.5. The van der Waals surface area contributed by atoms with Crippen LogP contribution in [0, 0.1) is 6.92 Å². The number of benzene rings is 2. The third-order valence-electron chi connectivity index (χ3n) is 4.95. The zero-order chi connectivity index (χ0) is 21.6. The Hall–Kier alpha value is -3.80. The van der Waals surface area contributed by atoms with Crippen molar-refractivity contribution in [3.8, 4) is 5.75 Å². The van der Waals surface area contributed by atoms with Gasteiger partial charge in [0.05, 0.1) is 18.4 Å². The standard InChI is InChI=1S/C25H25N3O3/c1-3-19-8-10-22(11-9-19)30-17-23-12-13-24(31-23)25(29)27-21-14-26-28(16-21)15-20-6-4-18(2)5-7-20/h4-14,16H,3,15,17H2,1-2H3,(H,27,29). The number of nitrogens with one attached hydrogen (secondary N) is 1. The summed E-state index contributed by atoms with van der Waals surface area (Å²) in [5, 5.41) is 7.13. The molecule has 1 amide bonds. The Balaban J connectivity index is 1.31. The van der Waals surface area contributed by atoms with Gasteiger partial charge in [0.2, 0.25) is 0 Å². The van der Waals surface area contributed by atoms with E-state index in [0.717, 1.165) is 17.7 Å². The van der Waals surface area contributed by atoms with Crippen LogP contribution in [0.4, 0.5) is 5.69 Å². The third-order valence-corrected chi connectivity index (χ3v) is 4.95. The van der Waals surface area contributed by atoms with Crippen LogP contribution in [0.5, 0.6) is 5.75 Å². The zero-order valence-corrected chi connectivity index (χ0v) is 17.7. The minimum absolute atomic E-state index is 0.228. The summed E-state index contributed by atoms with van der Waals surface area (Å²) >= 11 is 0. The molecule has 0 saturated heterocycles. The van der Waals surface area contributed by atoms with Crippen LogP contribution in [0.25, 0.3) is 0 Å². The molecule has 2 aromatic heterocycles. The quantitative estimate of drug-likeness (QED) is 0.428. The highest BCUT2D eigenvalue weighted by Gasteiger charge is 2.13. The SMILES string of the molecule is CCc1ccc(OCc2ccc(C(=O)Nc3cnn(Cc4ccc(C)cc4)c3)o2)cc1. The van der Waals surface area contributed by atoms with Crippen molar-refractivity contribution in [2.24, 2.45) is 0 Å². The van der Waals surface area contributed by atoms with Gasteiger partial charge in [-0.1, -0.05) is 48.9 Å². The van der Waals surface area contributed by atoms with E-state index in [1.165, 1.54) is 11.1 Å². The van der Waals surface area contributed by atoms with E-state index in [2.05, 4.69) is 48.5 Å². The van der Waals surface area contributed by atoms with Crippen LogP contribution >= 0.6 is 0 Å². The molecule has 2 aromatic carbocycles. The van der Waals surface area contributed by atoms with E-state index in [4.69, 9.17) is 9.15 Å². The lowest BCUT2D eigenvalue weighted by molar-refractivity contribution is 0.0992. The number of hydrogen-bond acceptors (Lipinski definition) is 4. The molecule has 0 aliphatic heterocycles. The minimum Gasteiger partial charge on any atom is -0.486 e. The van der Waals surface area contributed by atoms with Crippen molar-refractivity contribution in [1.82, 2.24) is 9.78 Å². The smallest absolute Gasteiger partial charge is 0.291 e. The second kappa shape index (κ2) is 9.34. The van der Waals surface area contributed by atoms with Gasteiger partial charge in [0.25, 0.3) is 5.91 Å². The van der Waals surface area contributed by atoms with Crippen molar-refractivity contribution in [3.05, 3.63) is 101 Å². The summed E-state index contributed by atoms with van der Waals surface area (Å²) < 4.78 is 13.1. The molecule has 4 aromatic rings. The number of anilines is 1. The van der Waals surface area contributed by atoms with E-state index < -0.39 is 0 Å². The van der Waals surface area contributed by atoms with Gasteiger partial charge >= 0.3 is 0 Å². The Kier molecular flexibility index (Phi) is 6.17. The maximum atomic E-state index is 12.5. The van der Waals surface area contributed by atoms with Crippen LogP contribution in [-0.2, 0) is 19.6 Å². The van der Waals surface area contributed by atoms with Gasteiger partial charge in [0.15, 0.2) is 5.76 Å². The lowest BCUT2D eigenvalue weighted by Gasteiger charge is -2.05. The molecule has 0 radical (unpaired) electrons. The third kappa shape index (κ3) is 5.42. The molecule has 6 nitrogen and oxygen atoms in total.